The average molecular weight is 286 g/mol. The van der Waals surface area contributed by atoms with Gasteiger partial charge in [0.15, 0.2) is 0 Å². The van der Waals surface area contributed by atoms with Crippen LogP contribution in [0, 0.1) is 0 Å². The van der Waals surface area contributed by atoms with Crippen LogP contribution in [0.2, 0.25) is 5.15 Å². The quantitative estimate of drug-likeness (QED) is 0.770. The molecule has 0 bridgehead atoms. The molecule has 0 saturated carbocycles. The van der Waals surface area contributed by atoms with Crippen molar-refractivity contribution in [3.05, 3.63) is 17.5 Å². The van der Waals surface area contributed by atoms with Gasteiger partial charge in [0.05, 0.1) is 5.60 Å². The summed E-state index contributed by atoms with van der Waals surface area (Å²) >= 11 is 5.90. The molecular formula is C11H16ClN5O2. The van der Waals surface area contributed by atoms with Gasteiger partial charge in [-0.1, -0.05) is 11.6 Å². The van der Waals surface area contributed by atoms with Crippen molar-refractivity contribution in [2.45, 2.75) is 18.9 Å². The van der Waals surface area contributed by atoms with Gasteiger partial charge in [0.2, 0.25) is 0 Å². The first-order valence-corrected chi connectivity index (χ1v) is 6.21. The van der Waals surface area contributed by atoms with E-state index < -0.39 is 5.60 Å². The molecule has 0 aliphatic carbocycles. The first kappa shape index (κ1) is 14.0. The van der Waals surface area contributed by atoms with Crippen molar-refractivity contribution < 1.29 is 9.84 Å². The molecule has 0 aliphatic heterocycles. The largest absolute Gasteiger partial charge is 0.388 e. The minimum atomic E-state index is -0.890. The van der Waals surface area contributed by atoms with Gasteiger partial charge in [-0.15, -0.1) is 0 Å². The Labute approximate surface area is 115 Å². The maximum atomic E-state index is 10.2. The molecule has 2 N–H and O–H groups in total. The Balaban J connectivity index is 2.11. The molecule has 0 amide bonds. The first-order chi connectivity index (χ1) is 9.02. The van der Waals surface area contributed by atoms with Crippen LogP contribution in [0.5, 0.6) is 0 Å². The highest BCUT2D eigenvalue weighted by Crippen LogP contribution is 2.16. The van der Waals surface area contributed by atoms with E-state index in [0.29, 0.717) is 36.3 Å². The fourth-order valence-electron chi connectivity index (χ4n) is 1.60. The van der Waals surface area contributed by atoms with Crippen LogP contribution in [-0.4, -0.2) is 50.6 Å². The number of hydrogen-bond acceptors (Lipinski definition) is 6. The number of nitrogens with one attached hydrogen (secondary N) is 1. The number of halogens is 1. The zero-order chi connectivity index (χ0) is 13.9. The molecule has 0 aliphatic rings. The second-order valence-corrected chi connectivity index (χ2v) is 4.92. The zero-order valence-corrected chi connectivity index (χ0v) is 11.6. The van der Waals surface area contributed by atoms with E-state index in [0.717, 1.165) is 0 Å². The molecule has 0 fully saturated rings. The Morgan fingerprint density at radius 1 is 1.58 bits per heavy atom. The van der Waals surface area contributed by atoms with Gasteiger partial charge in [0, 0.05) is 32.7 Å². The van der Waals surface area contributed by atoms with Gasteiger partial charge in [-0.05, 0) is 6.92 Å². The lowest BCUT2D eigenvalue weighted by atomic mass is 10.0. The highest BCUT2D eigenvalue weighted by atomic mass is 35.5. The molecular weight excluding hydrogens is 270 g/mol. The third kappa shape index (κ3) is 3.52. The summed E-state index contributed by atoms with van der Waals surface area (Å²) in [6, 6.07) is 1.63. The molecule has 8 heteroatoms. The number of fused-ring (bicyclic) bond motifs is 1. The van der Waals surface area contributed by atoms with Gasteiger partial charge in [-0.2, -0.15) is 19.6 Å². The molecule has 104 valence electrons. The summed E-state index contributed by atoms with van der Waals surface area (Å²) in [6.45, 7) is 2.57. The number of hydrogen-bond donors (Lipinski definition) is 2. The zero-order valence-electron chi connectivity index (χ0n) is 10.8. The SMILES string of the molecule is COCCC(C)(O)CNc1cc(Cl)nc2ncnn12. The lowest BCUT2D eigenvalue weighted by Gasteiger charge is -2.23. The Hall–Kier alpha value is -1.44. The third-order valence-corrected chi connectivity index (χ3v) is 2.91. The van der Waals surface area contributed by atoms with Crippen molar-refractivity contribution >= 4 is 23.2 Å². The van der Waals surface area contributed by atoms with E-state index in [1.54, 1.807) is 20.1 Å². The molecule has 2 rings (SSSR count). The Morgan fingerprint density at radius 3 is 3.11 bits per heavy atom. The standard InChI is InChI=1S/C11H16ClN5O2/c1-11(18,3-4-19-2)6-13-9-5-8(12)16-10-14-7-15-17(9)10/h5,7,13,18H,3-4,6H2,1-2H3. The van der Waals surface area contributed by atoms with E-state index in [1.165, 1.54) is 10.8 Å². The molecule has 2 aromatic rings. The van der Waals surface area contributed by atoms with Gasteiger partial charge in [-0.3, -0.25) is 0 Å². The highest BCUT2D eigenvalue weighted by molar-refractivity contribution is 6.29. The third-order valence-electron chi connectivity index (χ3n) is 2.72. The van der Waals surface area contributed by atoms with Crippen LogP contribution in [0.1, 0.15) is 13.3 Å². The van der Waals surface area contributed by atoms with Crippen molar-refractivity contribution in [3.8, 4) is 0 Å². The van der Waals surface area contributed by atoms with Gasteiger partial charge in [0.25, 0.3) is 5.78 Å². The normalized spacial score (nSPS) is 14.5. The average Bonchev–Trinajstić information content (AvgIpc) is 2.81. The number of nitrogens with zero attached hydrogens (tertiary/aromatic N) is 4. The van der Waals surface area contributed by atoms with Crippen molar-refractivity contribution in [1.82, 2.24) is 19.6 Å². The maximum absolute atomic E-state index is 10.2. The number of ether oxygens (including phenoxy) is 1. The van der Waals surface area contributed by atoms with Crippen LogP contribution in [0.4, 0.5) is 5.82 Å². The second-order valence-electron chi connectivity index (χ2n) is 4.53. The lowest BCUT2D eigenvalue weighted by molar-refractivity contribution is 0.0356. The molecule has 0 radical (unpaired) electrons. The van der Waals surface area contributed by atoms with Crippen molar-refractivity contribution in [3.63, 3.8) is 0 Å². The minimum Gasteiger partial charge on any atom is -0.388 e. The van der Waals surface area contributed by atoms with Gasteiger partial charge >= 0.3 is 0 Å². The Morgan fingerprint density at radius 2 is 2.37 bits per heavy atom. The fourth-order valence-corrected chi connectivity index (χ4v) is 1.78. The summed E-state index contributed by atoms with van der Waals surface area (Å²) in [5.41, 5.74) is -0.890. The summed E-state index contributed by atoms with van der Waals surface area (Å²) < 4.78 is 6.49. The number of anilines is 1. The maximum Gasteiger partial charge on any atom is 0.255 e. The highest BCUT2D eigenvalue weighted by Gasteiger charge is 2.20. The van der Waals surface area contributed by atoms with Crippen LogP contribution in [0.15, 0.2) is 12.4 Å². The second kappa shape index (κ2) is 5.68. The van der Waals surface area contributed by atoms with Crippen molar-refractivity contribution in [2.24, 2.45) is 0 Å². The van der Waals surface area contributed by atoms with E-state index in [2.05, 4.69) is 20.4 Å². The van der Waals surface area contributed by atoms with Gasteiger partial charge in [-0.25, -0.2) is 0 Å². The Kier molecular flexibility index (Phi) is 4.18. The molecule has 0 spiro atoms. The molecule has 2 aromatic heterocycles. The van der Waals surface area contributed by atoms with Crippen molar-refractivity contribution in [1.29, 1.82) is 0 Å². The summed E-state index contributed by atoms with van der Waals surface area (Å²) in [7, 11) is 1.60. The minimum absolute atomic E-state index is 0.319. The van der Waals surface area contributed by atoms with Crippen LogP contribution in [0.25, 0.3) is 5.78 Å². The number of aromatic nitrogens is 4. The number of rotatable bonds is 6. The predicted octanol–water partition coefficient (Wildman–Crippen LogP) is 0.977. The summed E-state index contributed by atoms with van der Waals surface area (Å²) in [4.78, 5) is 7.99. The first-order valence-electron chi connectivity index (χ1n) is 5.83. The predicted molar refractivity (Wildman–Crippen MR) is 71.4 cm³/mol. The van der Waals surface area contributed by atoms with E-state index in [1.807, 2.05) is 0 Å². The Bertz CT molecular complexity index is 557. The van der Waals surface area contributed by atoms with Crippen LogP contribution in [0.3, 0.4) is 0 Å². The molecule has 19 heavy (non-hydrogen) atoms. The lowest BCUT2D eigenvalue weighted by Crippen LogP contribution is -2.35. The van der Waals surface area contributed by atoms with Gasteiger partial charge < -0.3 is 15.2 Å². The molecule has 1 unspecified atom stereocenters. The van der Waals surface area contributed by atoms with Crippen LogP contribution >= 0.6 is 11.6 Å². The summed E-state index contributed by atoms with van der Waals surface area (Å²) in [5.74, 6) is 1.04. The summed E-state index contributed by atoms with van der Waals surface area (Å²) in [6.07, 6.45) is 1.92. The van der Waals surface area contributed by atoms with Crippen molar-refractivity contribution in [2.75, 3.05) is 25.6 Å². The smallest absolute Gasteiger partial charge is 0.255 e. The van der Waals surface area contributed by atoms with Crippen LogP contribution < -0.4 is 5.32 Å². The monoisotopic (exact) mass is 285 g/mol. The van der Waals surface area contributed by atoms with E-state index in [9.17, 15) is 5.11 Å². The topological polar surface area (TPSA) is 84.6 Å². The van der Waals surface area contributed by atoms with Gasteiger partial charge in [0.1, 0.15) is 17.3 Å². The number of methoxy groups -OCH3 is 1. The molecule has 7 nitrogen and oxygen atoms in total. The molecule has 2 heterocycles. The summed E-state index contributed by atoms with van der Waals surface area (Å²) in [5, 5.41) is 17.6. The van der Waals surface area contributed by atoms with E-state index >= 15 is 0 Å². The molecule has 0 aromatic carbocycles. The fraction of sp³-hybridized carbons (Fsp3) is 0.545. The number of aliphatic hydroxyl groups is 1. The van der Waals surface area contributed by atoms with E-state index in [4.69, 9.17) is 16.3 Å². The molecule has 0 saturated heterocycles. The van der Waals surface area contributed by atoms with Crippen LogP contribution in [-0.2, 0) is 4.74 Å². The van der Waals surface area contributed by atoms with E-state index in [-0.39, 0.29) is 0 Å². The molecule has 1 atom stereocenters.